The van der Waals surface area contributed by atoms with E-state index in [1.807, 2.05) is 35.0 Å². The van der Waals surface area contributed by atoms with Crippen LogP contribution in [0.4, 0.5) is 0 Å². The Balaban J connectivity index is 1.60. The van der Waals surface area contributed by atoms with Crippen molar-refractivity contribution < 1.29 is 14.3 Å². The summed E-state index contributed by atoms with van der Waals surface area (Å²) in [7, 11) is 0. The Morgan fingerprint density at radius 3 is 2.66 bits per heavy atom. The lowest BCUT2D eigenvalue weighted by molar-refractivity contribution is -0.148. The third kappa shape index (κ3) is 6.28. The largest absolute Gasteiger partial charge is 0.463 e. The van der Waals surface area contributed by atoms with Gasteiger partial charge >= 0.3 is 5.97 Å². The van der Waals surface area contributed by atoms with Crippen molar-refractivity contribution in [1.29, 1.82) is 0 Å². The number of carbonyl (C=O) groups excluding carboxylic acids is 2. The SMILES string of the molecule is CC(C)OC(=O)CC(NC(=O)CSc1nnnn1C1CCCC1)c1ccccc1. The molecule has 0 bridgehead atoms. The lowest BCUT2D eigenvalue weighted by Crippen LogP contribution is -2.32. The summed E-state index contributed by atoms with van der Waals surface area (Å²) in [5.41, 5.74) is 0.863. The van der Waals surface area contributed by atoms with Crippen molar-refractivity contribution in [2.24, 2.45) is 0 Å². The zero-order chi connectivity index (χ0) is 20.6. The Morgan fingerprint density at radius 1 is 1.24 bits per heavy atom. The van der Waals surface area contributed by atoms with E-state index in [2.05, 4.69) is 20.8 Å². The number of tetrazole rings is 1. The molecule has 1 heterocycles. The van der Waals surface area contributed by atoms with E-state index >= 15 is 0 Å². The molecule has 156 valence electrons. The highest BCUT2D eigenvalue weighted by Gasteiger charge is 2.23. The molecule has 3 rings (SSSR count). The highest BCUT2D eigenvalue weighted by molar-refractivity contribution is 7.99. The monoisotopic (exact) mass is 417 g/mol. The lowest BCUT2D eigenvalue weighted by Gasteiger charge is -2.19. The fourth-order valence-electron chi connectivity index (χ4n) is 3.44. The zero-order valence-corrected chi connectivity index (χ0v) is 17.6. The molecule has 1 aliphatic carbocycles. The van der Waals surface area contributed by atoms with Gasteiger partial charge in [-0.05, 0) is 42.7 Å². The number of rotatable bonds is 9. The van der Waals surface area contributed by atoms with Gasteiger partial charge in [0.25, 0.3) is 0 Å². The topological polar surface area (TPSA) is 99.0 Å². The van der Waals surface area contributed by atoms with E-state index in [0.29, 0.717) is 11.2 Å². The molecule has 0 saturated heterocycles. The fraction of sp³-hybridized carbons (Fsp3) is 0.550. The molecule has 2 aromatic rings. The number of ether oxygens (including phenoxy) is 1. The number of nitrogens with zero attached hydrogens (tertiary/aromatic N) is 4. The number of thioether (sulfide) groups is 1. The quantitative estimate of drug-likeness (QED) is 0.494. The number of amides is 1. The molecule has 1 aromatic carbocycles. The van der Waals surface area contributed by atoms with E-state index < -0.39 is 6.04 Å². The first-order chi connectivity index (χ1) is 14.0. The minimum absolute atomic E-state index is 0.0818. The second-order valence-electron chi connectivity index (χ2n) is 7.41. The smallest absolute Gasteiger partial charge is 0.308 e. The van der Waals surface area contributed by atoms with Gasteiger partial charge in [0, 0.05) is 0 Å². The Labute approximate surface area is 174 Å². The van der Waals surface area contributed by atoms with Gasteiger partial charge < -0.3 is 10.1 Å². The minimum Gasteiger partial charge on any atom is -0.463 e. The number of benzene rings is 1. The molecule has 0 spiro atoms. The summed E-state index contributed by atoms with van der Waals surface area (Å²) in [6.45, 7) is 3.61. The lowest BCUT2D eigenvalue weighted by atomic mass is 10.0. The van der Waals surface area contributed by atoms with Crippen molar-refractivity contribution in [2.45, 2.75) is 69.3 Å². The third-order valence-corrected chi connectivity index (χ3v) is 5.67. The second kappa shape index (κ2) is 10.4. The van der Waals surface area contributed by atoms with Crippen molar-refractivity contribution in [2.75, 3.05) is 5.75 Å². The van der Waals surface area contributed by atoms with Crippen LogP contribution in [-0.4, -0.2) is 43.9 Å². The van der Waals surface area contributed by atoms with Crippen molar-refractivity contribution in [1.82, 2.24) is 25.5 Å². The van der Waals surface area contributed by atoms with Crippen LogP contribution in [0.2, 0.25) is 0 Å². The molecule has 0 radical (unpaired) electrons. The van der Waals surface area contributed by atoms with Crippen LogP contribution in [0.5, 0.6) is 0 Å². The van der Waals surface area contributed by atoms with Crippen LogP contribution in [0.25, 0.3) is 0 Å². The summed E-state index contributed by atoms with van der Waals surface area (Å²) in [4.78, 5) is 24.7. The van der Waals surface area contributed by atoms with Gasteiger partial charge in [-0.15, -0.1) is 5.10 Å². The summed E-state index contributed by atoms with van der Waals surface area (Å²) in [5, 5.41) is 15.5. The first kappa shape index (κ1) is 21.3. The molecule has 29 heavy (non-hydrogen) atoms. The van der Waals surface area contributed by atoms with Crippen LogP contribution in [-0.2, 0) is 14.3 Å². The van der Waals surface area contributed by atoms with Crippen molar-refractivity contribution in [3.63, 3.8) is 0 Å². The molecule has 1 aliphatic rings. The van der Waals surface area contributed by atoms with Crippen LogP contribution >= 0.6 is 11.8 Å². The number of nitrogens with one attached hydrogen (secondary N) is 1. The van der Waals surface area contributed by atoms with Gasteiger partial charge in [0.2, 0.25) is 11.1 Å². The molecule has 1 atom stereocenters. The van der Waals surface area contributed by atoms with Gasteiger partial charge in [-0.1, -0.05) is 54.9 Å². The Hall–Kier alpha value is -2.42. The van der Waals surface area contributed by atoms with Gasteiger partial charge in [-0.2, -0.15) is 0 Å². The summed E-state index contributed by atoms with van der Waals surface area (Å²) >= 11 is 1.31. The van der Waals surface area contributed by atoms with Crippen LogP contribution in [0.15, 0.2) is 35.5 Å². The summed E-state index contributed by atoms with van der Waals surface area (Å²) in [6.07, 6.45) is 4.39. The molecular formula is C20H27N5O3S. The third-order valence-electron chi connectivity index (χ3n) is 4.74. The maximum atomic E-state index is 12.6. The van der Waals surface area contributed by atoms with Crippen molar-refractivity contribution >= 4 is 23.6 Å². The fourth-order valence-corrected chi connectivity index (χ4v) is 4.20. The molecule has 8 nitrogen and oxygen atoms in total. The number of esters is 1. The van der Waals surface area contributed by atoms with Crippen molar-refractivity contribution in [3.05, 3.63) is 35.9 Å². The molecule has 1 amide bonds. The summed E-state index contributed by atoms with van der Waals surface area (Å²) in [6, 6.07) is 9.32. The highest BCUT2D eigenvalue weighted by Crippen LogP contribution is 2.31. The van der Waals surface area contributed by atoms with Crippen LogP contribution in [0.1, 0.15) is 63.6 Å². The number of aromatic nitrogens is 4. The number of hydrogen-bond donors (Lipinski definition) is 1. The van der Waals surface area contributed by atoms with Crippen molar-refractivity contribution in [3.8, 4) is 0 Å². The van der Waals surface area contributed by atoms with Crippen LogP contribution < -0.4 is 5.32 Å². The Morgan fingerprint density at radius 2 is 1.97 bits per heavy atom. The van der Waals surface area contributed by atoms with E-state index in [4.69, 9.17) is 4.74 Å². The molecular weight excluding hydrogens is 390 g/mol. The average Bonchev–Trinajstić information content (AvgIpc) is 3.37. The van der Waals surface area contributed by atoms with Gasteiger partial charge in [0.05, 0.1) is 30.4 Å². The number of hydrogen-bond acceptors (Lipinski definition) is 7. The molecule has 1 saturated carbocycles. The van der Waals surface area contributed by atoms with E-state index in [1.54, 1.807) is 13.8 Å². The Bertz CT molecular complexity index is 805. The maximum Gasteiger partial charge on any atom is 0.308 e. The van der Waals surface area contributed by atoms with Crippen LogP contribution in [0.3, 0.4) is 0 Å². The average molecular weight is 418 g/mol. The van der Waals surface area contributed by atoms with E-state index in [-0.39, 0.29) is 30.2 Å². The maximum absolute atomic E-state index is 12.6. The van der Waals surface area contributed by atoms with Gasteiger partial charge in [0.1, 0.15) is 0 Å². The zero-order valence-electron chi connectivity index (χ0n) is 16.8. The molecule has 1 N–H and O–H groups in total. The molecule has 1 fully saturated rings. The highest BCUT2D eigenvalue weighted by atomic mass is 32.2. The first-order valence-corrected chi connectivity index (χ1v) is 11.0. The first-order valence-electron chi connectivity index (χ1n) is 9.97. The summed E-state index contributed by atoms with van der Waals surface area (Å²) in [5.74, 6) is -0.343. The minimum atomic E-state index is -0.443. The van der Waals surface area contributed by atoms with E-state index in [1.165, 1.54) is 24.6 Å². The standard InChI is InChI=1S/C20H27N5O3S/c1-14(2)28-19(27)12-17(15-8-4-3-5-9-15)21-18(26)13-29-20-22-23-24-25(20)16-10-6-7-11-16/h3-5,8-9,14,16-17H,6-7,10-13H2,1-2H3,(H,21,26). The molecule has 1 aromatic heterocycles. The predicted octanol–water partition coefficient (Wildman–Crippen LogP) is 3.08. The summed E-state index contributed by atoms with van der Waals surface area (Å²) < 4.78 is 7.08. The second-order valence-corrected chi connectivity index (χ2v) is 8.35. The van der Waals surface area contributed by atoms with E-state index in [9.17, 15) is 9.59 Å². The van der Waals surface area contributed by atoms with E-state index in [0.717, 1.165) is 18.4 Å². The normalized spacial score (nSPS) is 15.4. The van der Waals surface area contributed by atoms with Gasteiger partial charge in [-0.3, -0.25) is 9.59 Å². The van der Waals surface area contributed by atoms with Gasteiger partial charge in [-0.25, -0.2) is 4.68 Å². The Kier molecular flexibility index (Phi) is 7.62. The molecule has 0 aliphatic heterocycles. The van der Waals surface area contributed by atoms with Crippen LogP contribution in [0, 0.1) is 0 Å². The number of carbonyl (C=O) groups is 2. The molecule has 9 heteroatoms. The molecule has 1 unspecified atom stereocenters. The predicted molar refractivity (Wildman–Crippen MR) is 109 cm³/mol. The van der Waals surface area contributed by atoms with Gasteiger partial charge in [0.15, 0.2) is 0 Å².